The molecule has 9 heterocycles. The SMILES string of the molecule is C.C.CCCN(Cc1ccc(-c2cc3nccc(Oc4ccc(CC(=O)OCC(F)(F)F)cc4F)c3s2)nc1)C(=O)OC(C)(C)C.CCCN(Cc1ccc(-c2cc3nccc(Oc4ccc(N)cc4F)c3s2)nc1)C(=O)OC(C)(C)C.CCCNCc1ccc(-c2cc3nccc(Oc4ccc(CC(=O)OCC(F)(F)F)cc4F)c3s2)nc1.CCO.COC(=O)Cl. The standard InChI is InChI=1S/C31H31F4N3O5S.C27H29FN4O3S.C26H23F4N3O3S.C2H3ClO2.C2H6O.2CH4/c1-5-12-38(29(40)43-30(2,3)4)17-20-6-8-22(37-16-20)26-15-23-28(44-26)25(10-11-36-23)42-24-9-7-19(13-21(24)32)14-27(39)41-18-31(33,34)35;1-5-12-32(26(33)35-27(2,3)4)16-17-6-8-20(31-15-17)24-14-21-25(36-24)23(10-11-30-21)34-22-9-7-18(29)13-19(22)28;1-2-8-31-13-17-3-5-19(33-14-17)23-12-20-25(37-23)22(7-9-32-20)36-21-6-4-16(10-18(21)27)11-24(34)35-15-26(28,29)30;1-5-2(3)4;1-2-3;;/h6-11,13,15-16H,5,12,14,17-18H2,1-4H3;6-11,13-15H,5,12,16,29H2,1-4H3;3-7,9-10,12,14,31H,2,8,11,13,15H2,1H3;1H3;3H,2H2,1H3;2*1H4. The number of nitrogens with one attached hydrogen (secondary N) is 1. The molecule has 4 N–H and O–H groups in total. The lowest BCUT2D eigenvalue weighted by Gasteiger charge is -2.27. The molecule has 12 rings (SSSR count). The third-order valence-electron chi connectivity index (χ3n) is 16.4. The van der Waals surface area contributed by atoms with Crippen LogP contribution in [0.5, 0.6) is 34.5 Å². The summed E-state index contributed by atoms with van der Waals surface area (Å²) in [4.78, 5) is 90.6. The number of esters is 2. The van der Waals surface area contributed by atoms with Gasteiger partial charge in [-0.2, -0.15) is 26.3 Å². The number of hydrogen-bond acceptors (Lipinski definition) is 25. The van der Waals surface area contributed by atoms with Crippen molar-refractivity contribution in [3.8, 4) is 66.2 Å². The topological polar surface area (TPSA) is 301 Å². The van der Waals surface area contributed by atoms with Crippen LogP contribution in [0.4, 0.5) is 59.6 Å². The Labute approximate surface area is 746 Å². The largest absolute Gasteiger partial charge is 0.457 e. The fraction of sp³-hybridized carbons (Fsp3) is 0.344. The predicted molar refractivity (Wildman–Crippen MR) is 474 cm³/mol. The van der Waals surface area contributed by atoms with Crippen LogP contribution in [0.3, 0.4) is 0 Å². The van der Waals surface area contributed by atoms with Gasteiger partial charge in [0.2, 0.25) is 0 Å². The summed E-state index contributed by atoms with van der Waals surface area (Å²) in [6.45, 7) is 19.3. The summed E-state index contributed by atoms with van der Waals surface area (Å²) in [5, 5.41) is 10.9. The predicted octanol–water partition coefficient (Wildman–Crippen LogP) is 23.8. The number of pyridine rings is 6. The van der Waals surface area contributed by atoms with E-state index in [2.05, 4.69) is 68.0 Å². The second kappa shape index (κ2) is 48.8. The highest BCUT2D eigenvalue weighted by Gasteiger charge is 2.32. The molecule has 0 fully saturated rings. The zero-order chi connectivity index (χ0) is 91.3. The Bertz CT molecular complexity index is 5580. The number of aliphatic hydroxyl groups excluding tert-OH is 1. The minimum Gasteiger partial charge on any atom is -0.457 e. The monoisotopic (exact) mass is 1850 g/mol. The Kier molecular flexibility index (Phi) is 39.9. The van der Waals surface area contributed by atoms with Gasteiger partial charge < -0.3 is 63.9 Å². The van der Waals surface area contributed by atoms with Crippen LogP contribution in [-0.2, 0) is 65.7 Å². The number of aromatic nitrogens is 6. The number of amides is 2. The van der Waals surface area contributed by atoms with Gasteiger partial charge in [0.15, 0.2) is 47.9 Å². The summed E-state index contributed by atoms with van der Waals surface area (Å²) in [6.07, 6.45) is 1.62. The van der Waals surface area contributed by atoms with Gasteiger partial charge in [-0.25, -0.2) is 27.6 Å². The van der Waals surface area contributed by atoms with E-state index in [4.69, 9.17) is 34.5 Å². The molecule has 0 atom stereocenters. The zero-order valence-electron chi connectivity index (χ0n) is 69.9. The highest BCUT2D eigenvalue weighted by molar-refractivity contribution is 7.23. The maximum atomic E-state index is 14.8. The first-order chi connectivity index (χ1) is 59.2. The summed E-state index contributed by atoms with van der Waals surface area (Å²) in [5.74, 6) is -3.24. The molecule has 682 valence electrons. The fourth-order valence-corrected chi connectivity index (χ4v) is 14.2. The van der Waals surface area contributed by atoms with Crippen molar-refractivity contribution in [3.05, 3.63) is 210 Å². The summed E-state index contributed by atoms with van der Waals surface area (Å²) < 4.78 is 160. The number of carbonyl (C=O) groups is 5. The molecule has 0 aliphatic rings. The number of nitrogens with zero attached hydrogens (tertiary/aromatic N) is 8. The van der Waals surface area contributed by atoms with Gasteiger partial charge in [-0.3, -0.25) is 39.5 Å². The number of aliphatic hydroxyl groups is 1. The van der Waals surface area contributed by atoms with Crippen molar-refractivity contribution < 1.29 is 106 Å². The molecule has 0 aliphatic heterocycles. The summed E-state index contributed by atoms with van der Waals surface area (Å²) >= 11 is 8.82. The second-order valence-corrected chi connectivity index (χ2v) is 32.7. The van der Waals surface area contributed by atoms with Crippen molar-refractivity contribution in [2.45, 2.75) is 159 Å². The van der Waals surface area contributed by atoms with Gasteiger partial charge in [-0.1, -0.05) is 66.0 Å². The number of carbonyl (C=O) groups excluding carboxylic acids is 5. The number of alkyl halides is 6. The van der Waals surface area contributed by atoms with E-state index < -0.39 is 84.4 Å². The first-order valence-electron chi connectivity index (χ1n) is 38.9. The lowest BCUT2D eigenvalue weighted by atomic mass is 10.1. The molecule has 9 aromatic heterocycles. The molecule has 37 heteroatoms. The van der Waals surface area contributed by atoms with E-state index in [1.165, 1.54) is 83.7 Å². The molecule has 3 aromatic carbocycles. The molecule has 0 saturated carbocycles. The van der Waals surface area contributed by atoms with Crippen LogP contribution in [0.1, 0.15) is 131 Å². The molecule has 2 amide bonds. The maximum Gasteiger partial charge on any atom is 0.422 e. The number of anilines is 1. The van der Waals surface area contributed by atoms with E-state index in [1.807, 2.05) is 116 Å². The Balaban J connectivity index is 0.000000281. The van der Waals surface area contributed by atoms with E-state index in [1.54, 1.807) is 65.8 Å². The van der Waals surface area contributed by atoms with Crippen LogP contribution in [0.15, 0.2) is 165 Å². The Hall–Kier alpha value is -11.8. The van der Waals surface area contributed by atoms with Crippen LogP contribution in [-0.4, -0.2) is 144 Å². The summed E-state index contributed by atoms with van der Waals surface area (Å²) in [7, 11) is 1.22. The average molecular weight is 1850 g/mol. The van der Waals surface area contributed by atoms with Gasteiger partial charge in [-0.15, -0.1) is 34.0 Å². The third-order valence-corrected chi connectivity index (χ3v) is 20.0. The third kappa shape index (κ3) is 33.8. The van der Waals surface area contributed by atoms with Crippen LogP contribution in [0.2, 0.25) is 0 Å². The van der Waals surface area contributed by atoms with Crippen molar-refractivity contribution in [2.75, 3.05) is 52.3 Å². The number of methoxy groups -OCH3 is 1. The van der Waals surface area contributed by atoms with E-state index in [0.717, 1.165) is 97.4 Å². The first kappa shape index (κ1) is 104. The van der Waals surface area contributed by atoms with E-state index in [0.29, 0.717) is 75.2 Å². The highest BCUT2D eigenvalue weighted by Crippen LogP contribution is 2.43. The Morgan fingerprint density at radius 3 is 1.09 bits per heavy atom. The second-order valence-electron chi connectivity index (χ2n) is 29.2. The van der Waals surface area contributed by atoms with Gasteiger partial charge in [-0.05, 0) is 175 Å². The number of rotatable bonds is 27. The number of ether oxygens (including phenoxy) is 8. The van der Waals surface area contributed by atoms with Crippen LogP contribution in [0.25, 0.3) is 62.4 Å². The normalized spacial score (nSPS) is 11.1. The Morgan fingerprint density at radius 2 is 0.795 bits per heavy atom. The van der Waals surface area contributed by atoms with E-state index in [-0.39, 0.29) is 62.0 Å². The number of nitrogen functional groups attached to an aromatic ring is 1. The molecule has 0 unspecified atom stereocenters. The summed E-state index contributed by atoms with van der Waals surface area (Å²) in [6, 6.07) is 33.8. The van der Waals surface area contributed by atoms with E-state index >= 15 is 0 Å². The van der Waals surface area contributed by atoms with Crippen LogP contribution >= 0.6 is 45.6 Å². The van der Waals surface area contributed by atoms with Gasteiger partial charge in [0.05, 0.1) is 95.4 Å². The fourth-order valence-electron chi connectivity index (χ4n) is 11.1. The molecule has 0 bridgehead atoms. The van der Waals surface area contributed by atoms with Crippen molar-refractivity contribution in [1.29, 1.82) is 0 Å². The molecular weight excluding hydrogens is 1750 g/mol. The molecule has 0 spiro atoms. The van der Waals surface area contributed by atoms with Gasteiger partial charge in [0.1, 0.15) is 28.5 Å². The van der Waals surface area contributed by atoms with Crippen LogP contribution in [0, 0.1) is 17.5 Å². The Morgan fingerprint density at radius 1 is 0.465 bits per heavy atom. The van der Waals surface area contributed by atoms with Gasteiger partial charge in [0, 0.05) is 105 Å². The number of halogens is 10. The van der Waals surface area contributed by atoms with Crippen molar-refractivity contribution >= 4 is 112 Å². The van der Waals surface area contributed by atoms with Crippen molar-refractivity contribution in [2.24, 2.45) is 0 Å². The van der Waals surface area contributed by atoms with Crippen LogP contribution < -0.4 is 25.3 Å². The molecular formula is C90H100ClF9N10O14S3. The van der Waals surface area contributed by atoms with Gasteiger partial charge in [0.25, 0.3) is 0 Å². The smallest absolute Gasteiger partial charge is 0.422 e. The number of nitrogens with two attached hydrogens (primary N) is 1. The molecule has 24 nitrogen and oxygen atoms in total. The first-order valence-corrected chi connectivity index (χ1v) is 41.7. The number of thiophene rings is 3. The molecule has 12 aromatic rings. The minimum absolute atomic E-state index is 0. The van der Waals surface area contributed by atoms with Crippen molar-refractivity contribution in [1.82, 2.24) is 45.0 Å². The lowest BCUT2D eigenvalue weighted by molar-refractivity contribution is -0.185. The minimum atomic E-state index is -4.64. The number of fused-ring (bicyclic) bond motifs is 3. The number of hydrogen-bond donors (Lipinski definition) is 3. The molecule has 0 radical (unpaired) electrons. The molecule has 0 aliphatic carbocycles. The maximum absolute atomic E-state index is 14.8. The molecule has 0 saturated heterocycles. The highest BCUT2D eigenvalue weighted by atomic mass is 35.5. The van der Waals surface area contributed by atoms with Crippen molar-refractivity contribution in [3.63, 3.8) is 0 Å². The number of benzene rings is 3. The average Bonchev–Trinajstić information content (AvgIpc) is 1.66. The van der Waals surface area contributed by atoms with Gasteiger partial charge >= 0.3 is 41.9 Å². The quantitative estimate of drug-likeness (QED) is 0.0108. The zero-order valence-corrected chi connectivity index (χ0v) is 73.1. The lowest BCUT2D eigenvalue weighted by Crippen LogP contribution is -2.36. The van der Waals surface area contributed by atoms with E-state index in [9.17, 15) is 63.5 Å². The summed E-state index contributed by atoms with van der Waals surface area (Å²) in [5.41, 5.74) is 11.4. The molecule has 127 heavy (non-hydrogen) atoms.